The molecule has 148 valence electrons. The molecule has 8 heteroatoms. The monoisotopic (exact) mass is 401 g/mol. The van der Waals surface area contributed by atoms with Gasteiger partial charge in [-0.05, 0) is 56.2 Å². The molecule has 1 aliphatic heterocycles. The summed E-state index contributed by atoms with van der Waals surface area (Å²) in [5.41, 5.74) is 6.99. The number of aryl methyl sites for hydroxylation is 1. The molecule has 2 aromatic carbocycles. The van der Waals surface area contributed by atoms with Gasteiger partial charge in [-0.1, -0.05) is 24.1 Å². The zero-order valence-electron chi connectivity index (χ0n) is 15.6. The second kappa shape index (κ2) is 8.12. The number of primary amides is 1. The number of hydrogen-bond donors (Lipinski definition) is 2. The Labute approximate surface area is 164 Å². The van der Waals surface area contributed by atoms with E-state index in [2.05, 4.69) is 5.32 Å². The molecule has 1 heterocycles. The Bertz CT molecular complexity index is 970. The minimum Gasteiger partial charge on any atom is -0.366 e. The molecule has 0 aromatic heterocycles. The van der Waals surface area contributed by atoms with Gasteiger partial charge in [0.2, 0.25) is 21.8 Å². The highest BCUT2D eigenvalue weighted by Crippen LogP contribution is 2.26. The van der Waals surface area contributed by atoms with Crippen LogP contribution in [0.2, 0.25) is 0 Å². The summed E-state index contributed by atoms with van der Waals surface area (Å²) >= 11 is 0. The van der Waals surface area contributed by atoms with E-state index < -0.39 is 22.0 Å². The molecule has 3 N–H and O–H groups in total. The van der Waals surface area contributed by atoms with E-state index in [-0.39, 0.29) is 10.8 Å². The summed E-state index contributed by atoms with van der Waals surface area (Å²) in [5, 5.41) is 2.74. The Kier molecular flexibility index (Phi) is 5.81. The molecule has 0 saturated carbocycles. The third-order valence-electron chi connectivity index (χ3n) is 4.82. The van der Waals surface area contributed by atoms with E-state index in [0.717, 1.165) is 12.0 Å². The molecule has 0 spiro atoms. The maximum absolute atomic E-state index is 13.1. The van der Waals surface area contributed by atoms with Crippen molar-refractivity contribution in [2.24, 2.45) is 5.73 Å². The quantitative estimate of drug-likeness (QED) is 0.801. The lowest BCUT2D eigenvalue weighted by Gasteiger charge is -2.33. The highest BCUT2D eigenvalue weighted by molar-refractivity contribution is 7.89. The standard InChI is InChI=1S/C20H23N3O4S/c1-14-5-11-17(12-6-14)28(26,27)23-13-3-2-4-18(23)20(25)22-16-9-7-15(8-10-16)19(21)24/h5-12,18H,2-4,13H2,1H3,(H2,21,24)(H,22,25)/t18-/m0/s1. The zero-order valence-corrected chi connectivity index (χ0v) is 16.4. The van der Waals surface area contributed by atoms with Crippen molar-refractivity contribution >= 4 is 27.5 Å². The summed E-state index contributed by atoms with van der Waals surface area (Å²) in [6, 6.07) is 12.0. The molecule has 28 heavy (non-hydrogen) atoms. The fourth-order valence-corrected chi connectivity index (χ4v) is 4.90. The smallest absolute Gasteiger partial charge is 0.248 e. The molecule has 2 aromatic rings. The topological polar surface area (TPSA) is 110 Å². The van der Waals surface area contributed by atoms with Crippen LogP contribution >= 0.6 is 0 Å². The Balaban J connectivity index is 1.81. The van der Waals surface area contributed by atoms with E-state index in [0.29, 0.717) is 30.6 Å². The third kappa shape index (κ3) is 4.23. The van der Waals surface area contributed by atoms with Crippen LogP contribution in [0.15, 0.2) is 53.4 Å². The van der Waals surface area contributed by atoms with Gasteiger partial charge in [0, 0.05) is 17.8 Å². The van der Waals surface area contributed by atoms with E-state index in [4.69, 9.17) is 5.73 Å². The lowest BCUT2D eigenvalue weighted by atomic mass is 10.0. The average molecular weight is 401 g/mol. The van der Waals surface area contributed by atoms with Gasteiger partial charge in [0.05, 0.1) is 4.90 Å². The van der Waals surface area contributed by atoms with Crippen molar-refractivity contribution < 1.29 is 18.0 Å². The van der Waals surface area contributed by atoms with Gasteiger partial charge in [-0.2, -0.15) is 4.31 Å². The first-order chi connectivity index (χ1) is 13.3. The minimum absolute atomic E-state index is 0.184. The summed E-state index contributed by atoms with van der Waals surface area (Å²) < 4.78 is 27.4. The van der Waals surface area contributed by atoms with Crippen molar-refractivity contribution in [1.29, 1.82) is 0 Å². The predicted molar refractivity (Wildman–Crippen MR) is 106 cm³/mol. The maximum Gasteiger partial charge on any atom is 0.248 e. The highest BCUT2D eigenvalue weighted by Gasteiger charge is 2.37. The second-order valence-electron chi connectivity index (χ2n) is 6.87. The van der Waals surface area contributed by atoms with Crippen molar-refractivity contribution in [3.05, 3.63) is 59.7 Å². The van der Waals surface area contributed by atoms with Crippen LogP contribution in [0.3, 0.4) is 0 Å². The van der Waals surface area contributed by atoms with E-state index in [9.17, 15) is 18.0 Å². The van der Waals surface area contributed by atoms with Gasteiger partial charge >= 0.3 is 0 Å². The summed E-state index contributed by atoms with van der Waals surface area (Å²) in [6.45, 7) is 2.19. The number of sulfonamides is 1. The fraction of sp³-hybridized carbons (Fsp3) is 0.300. The molecule has 2 amide bonds. The van der Waals surface area contributed by atoms with Crippen molar-refractivity contribution in [2.75, 3.05) is 11.9 Å². The number of anilines is 1. The van der Waals surface area contributed by atoms with Gasteiger partial charge in [-0.25, -0.2) is 8.42 Å². The molecule has 3 rings (SSSR count). The van der Waals surface area contributed by atoms with Crippen molar-refractivity contribution in [3.8, 4) is 0 Å². The Morgan fingerprint density at radius 2 is 1.68 bits per heavy atom. The summed E-state index contributed by atoms with van der Waals surface area (Å²) in [5.74, 6) is -0.942. The summed E-state index contributed by atoms with van der Waals surface area (Å²) in [7, 11) is -3.77. The van der Waals surface area contributed by atoms with E-state index >= 15 is 0 Å². The molecule has 1 saturated heterocycles. The normalized spacial score (nSPS) is 17.8. The number of nitrogens with two attached hydrogens (primary N) is 1. The van der Waals surface area contributed by atoms with Gasteiger partial charge in [0.25, 0.3) is 0 Å². The number of nitrogens with one attached hydrogen (secondary N) is 1. The van der Waals surface area contributed by atoms with Crippen LogP contribution in [-0.2, 0) is 14.8 Å². The molecule has 0 unspecified atom stereocenters. The van der Waals surface area contributed by atoms with Crippen LogP contribution in [0.4, 0.5) is 5.69 Å². The molecule has 1 fully saturated rings. The molecule has 0 aliphatic carbocycles. The number of amides is 2. The number of benzene rings is 2. The number of nitrogens with zero attached hydrogens (tertiary/aromatic N) is 1. The Hall–Kier alpha value is -2.71. The average Bonchev–Trinajstić information content (AvgIpc) is 2.68. The van der Waals surface area contributed by atoms with Gasteiger partial charge in [-0.3, -0.25) is 9.59 Å². The molecule has 0 bridgehead atoms. The van der Waals surface area contributed by atoms with Crippen molar-refractivity contribution in [1.82, 2.24) is 4.31 Å². The lowest BCUT2D eigenvalue weighted by molar-refractivity contribution is -0.120. The highest BCUT2D eigenvalue weighted by atomic mass is 32.2. The molecular formula is C20H23N3O4S. The zero-order chi connectivity index (χ0) is 20.3. The lowest BCUT2D eigenvalue weighted by Crippen LogP contribution is -2.49. The summed E-state index contributed by atoms with van der Waals surface area (Å²) in [4.78, 5) is 24.2. The number of carbonyl (C=O) groups is 2. The molecule has 1 atom stereocenters. The van der Waals surface area contributed by atoms with Crippen LogP contribution in [0.5, 0.6) is 0 Å². The first kappa shape index (κ1) is 20.0. The van der Waals surface area contributed by atoms with E-state index in [1.807, 2.05) is 6.92 Å². The molecule has 1 aliphatic rings. The van der Waals surface area contributed by atoms with Gasteiger partial charge in [0.15, 0.2) is 0 Å². The van der Waals surface area contributed by atoms with Gasteiger partial charge < -0.3 is 11.1 Å². The maximum atomic E-state index is 13.1. The summed E-state index contributed by atoms with van der Waals surface area (Å²) in [6.07, 6.45) is 1.94. The molecule has 0 radical (unpaired) electrons. The van der Waals surface area contributed by atoms with Crippen molar-refractivity contribution in [2.45, 2.75) is 37.1 Å². The van der Waals surface area contributed by atoms with E-state index in [1.54, 1.807) is 36.4 Å². The SMILES string of the molecule is Cc1ccc(S(=O)(=O)N2CCCC[C@H]2C(=O)Nc2ccc(C(N)=O)cc2)cc1. The van der Waals surface area contributed by atoms with Crippen molar-refractivity contribution in [3.63, 3.8) is 0 Å². The van der Waals surface area contributed by atoms with Crippen LogP contribution in [0, 0.1) is 6.92 Å². The third-order valence-corrected chi connectivity index (χ3v) is 6.74. The van der Waals surface area contributed by atoms with Crippen LogP contribution < -0.4 is 11.1 Å². The predicted octanol–water partition coefficient (Wildman–Crippen LogP) is 2.28. The number of hydrogen-bond acceptors (Lipinski definition) is 4. The molecule has 7 nitrogen and oxygen atoms in total. The number of piperidine rings is 1. The molecular weight excluding hydrogens is 378 g/mol. The fourth-order valence-electron chi connectivity index (χ4n) is 3.24. The first-order valence-electron chi connectivity index (χ1n) is 9.08. The number of rotatable bonds is 5. The van der Waals surface area contributed by atoms with E-state index in [1.165, 1.54) is 16.4 Å². The Morgan fingerprint density at radius 1 is 1.04 bits per heavy atom. The van der Waals surface area contributed by atoms with Gasteiger partial charge in [-0.15, -0.1) is 0 Å². The first-order valence-corrected chi connectivity index (χ1v) is 10.5. The minimum atomic E-state index is -3.77. The van der Waals surface area contributed by atoms with Gasteiger partial charge in [0.1, 0.15) is 6.04 Å². The number of carbonyl (C=O) groups excluding carboxylic acids is 2. The second-order valence-corrected chi connectivity index (χ2v) is 8.76. The largest absolute Gasteiger partial charge is 0.366 e. The Morgan fingerprint density at radius 3 is 2.29 bits per heavy atom. The van der Waals surface area contributed by atoms with Crippen LogP contribution in [0.1, 0.15) is 35.2 Å². The van der Waals surface area contributed by atoms with Crippen LogP contribution in [0.25, 0.3) is 0 Å². The van der Waals surface area contributed by atoms with Crippen LogP contribution in [-0.4, -0.2) is 37.1 Å².